The van der Waals surface area contributed by atoms with Crippen LogP contribution in [0.3, 0.4) is 0 Å². The molecule has 0 aromatic heterocycles. The SMILES string of the molecule is C[C@@H]1CC[C@@H](C(C)(C)c2ccccc2)[C@@H](OC(=O)C2C(=O)CC[C@H]2c2ccccc2)C1. The minimum Gasteiger partial charge on any atom is -0.461 e. The van der Waals surface area contributed by atoms with Gasteiger partial charge in [0.15, 0.2) is 0 Å². The van der Waals surface area contributed by atoms with Crippen molar-refractivity contribution in [3.63, 3.8) is 0 Å². The second-order valence-corrected chi connectivity index (χ2v) is 10.1. The van der Waals surface area contributed by atoms with Crippen molar-refractivity contribution < 1.29 is 14.3 Å². The van der Waals surface area contributed by atoms with Gasteiger partial charge in [-0.3, -0.25) is 9.59 Å². The fourth-order valence-electron chi connectivity index (χ4n) is 5.79. The molecular formula is C28H34O3. The summed E-state index contributed by atoms with van der Waals surface area (Å²) in [5.41, 5.74) is 2.23. The molecule has 2 saturated carbocycles. The lowest BCUT2D eigenvalue weighted by molar-refractivity contribution is -0.163. The van der Waals surface area contributed by atoms with Gasteiger partial charge < -0.3 is 4.74 Å². The van der Waals surface area contributed by atoms with Crippen LogP contribution in [0.15, 0.2) is 60.7 Å². The summed E-state index contributed by atoms with van der Waals surface area (Å²) in [5, 5.41) is 0. The van der Waals surface area contributed by atoms with Crippen molar-refractivity contribution >= 4 is 11.8 Å². The van der Waals surface area contributed by atoms with Gasteiger partial charge in [-0.1, -0.05) is 87.9 Å². The summed E-state index contributed by atoms with van der Waals surface area (Å²) in [5.74, 6) is -0.264. The Hall–Kier alpha value is -2.42. The smallest absolute Gasteiger partial charge is 0.317 e. The summed E-state index contributed by atoms with van der Waals surface area (Å²) >= 11 is 0. The highest BCUT2D eigenvalue weighted by molar-refractivity contribution is 6.01. The van der Waals surface area contributed by atoms with E-state index in [4.69, 9.17) is 4.74 Å². The number of carbonyl (C=O) groups excluding carboxylic acids is 2. The highest BCUT2D eigenvalue weighted by atomic mass is 16.5. The van der Waals surface area contributed by atoms with Crippen LogP contribution in [-0.4, -0.2) is 17.9 Å². The highest BCUT2D eigenvalue weighted by Gasteiger charge is 2.46. The predicted molar refractivity (Wildman–Crippen MR) is 123 cm³/mol. The molecule has 3 heteroatoms. The Labute approximate surface area is 186 Å². The molecule has 3 nitrogen and oxygen atoms in total. The molecule has 164 valence electrons. The quantitative estimate of drug-likeness (QED) is 0.437. The van der Waals surface area contributed by atoms with E-state index in [-0.39, 0.29) is 35.1 Å². The van der Waals surface area contributed by atoms with Crippen LogP contribution in [0.5, 0.6) is 0 Å². The molecule has 2 aliphatic rings. The number of esters is 1. The van der Waals surface area contributed by atoms with Crippen LogP contribution in [0.4, 0.5) is 0 Å². The maximum Gasteiger partial charge on any atom is 0.317 e. The molecule has 0 saturated heterocycles. The van der Waals surface area contributed by atoms with Crippen molar-refractivity contribution in [2.24, 2.45) is 17.8 Å². The monoisotopic (exact) mass is 418 g/mol. The van der Waals surface area contributed by atoms with Gasteiger partial charge in [-0.05, 0) is 41.7 Å². The van der Waals surface area contributed by atoms with Crippen molar-refractivity contribution in [1.82, 2.24) is 0 Å². The van der Waals surface area contributed by atoms with Gasteiger partial charge in [0, 0.05) is 18.3 Å². The Bertz CT molecular complexity index is 902. The molecule has 0 N–H and O–H groups in total. The molecule has 2 fully saturated rings. The number of ether oxygens (including phenoxy) is 1. The van der Waals surface area contributed by atoms with Crippen molar-refractivity contribution in [1.29, 1.82) is 0 Å². The van der Waals surface area contributed by atoms with Gasteiger partial charge in [-0.25, -0.2) is 0 Å². The Kier molecular flexibility index (Phi) is 6.31. The Morgan fingerprint density at radius 3 is 2.26 bits per heavy atom. The van der Waals surface area contributed by atoms with E-state index in [1.54, 1.807) is 0 Å². The lowest BCUT2D eigenvalue weighted by atomic mass is 9.64. The molecule has 0 aliphatic heterocycles. The van der Waals surface area contributed by atoms with E-state index in [1.165, 1.54) is 5.56 Å². The van der Waals surface area contributed by atoms with E-state index in [1.807, 2.05) is 36.4 Å². The van der Waals surface area contributed by atoms with E-state index in [2.05, 4.69) is 45.0 Å². The van der Waals surface area contributed by atoms with E-state index in [9.17, 15) is 9.59 Å². The molecule has 0 amide bonds. The summed E-state index contributed by atoms with van der Waals surface area (Å²) in [6.07, 6.45) is 4.06. The topological polar surface area (TPSA) is 43.4 Å². The van der Waals surface area contributed by atoms with Crippen molar-refractivity contribution in [2.75, 3.05) is 0 Å². The summed E-state index contributed by atoms with van der Waals surface area (Å²) in [4.78, 5) is 26.1. The first-order chi connectivity index (χ1) is 14.9. The zero-order valence-corrected chi connectivity index (χ0v) is 18.9. The zero-order valence-electron chi connectivity index (χ0n) is 18.9. The van der Waals surface area contributed by atoms with Crippen LogP contribution in [0, 0.1) is 17.8 Å². The van der Waals surface area contributed by atoms with Crippen molar-refractivity contribution in [2.45, 2.75) is 70.3 Å². The average Bonchev–Trinajstić information content (AvgIpc) is 3.16. The Balaban J connectivity index is 1.56. The molecule has 4 rings (SSSR count). The molecule has 0 spiro atoms. The highest BCUT2D eigenvalue weighted by Crippen LogP contribution is 2.45. The first-order valence-electron chi connectivity index (χ1n) is 11.7. The van der Waals surface area contributed by atoms with Crippen LogP contribution in [0.1, 0.15) is 69.9 Å². The van der Waals surface area contributed by atoms with Gasteiger partial charge in [-0.15, -0.1) is 0 Å². The molecule has 2 aromatic carbocycles. The van der Waals surface area contributed by atoms with Crippen LogP contribution < -0.4 is 0 Å². The predicted octanol–water partition coefficient (Wildman–Crippen LogP) is 6.08. The number of hydrogen-bond acceptors (Lipinski definition) is 3. The van der Waals surface area contributed by atoms with Gasteiger partial charge in [0.1, 0.15) is 17.8 Å². The third-order valence-electron chi connectivity index (χ3n) is 7.70. The minimum atomic E-state index is -0.667. The molecule has 2 aromatic rings. The summed E-state index contributed by atoms with van der Waals surface area (Å²) in [7, 11) is 0. The molecule has 5 atom stereocenters. The molecule has 0 heterocycles. The standard InChI is InChI=1S/C28H34O3/c1-19-14-16-23(28(2,3)21-12-8-5-9-13-21)25(18-19)31-27(30)26-22(15-17-24(26)29)20-10-6-4-7-11-20/h4-13,19,22-23,25-26H,14-18H2,1-3H3/t19-,22+,23-,25+,26?/m1/s1. The number of rotatable bonds is 5. The third-order valence-corrected chi connectivity index (χ3v) is 7.70. The summed E-state index contributed by atoms with van der Waals surface area (Å²) in [6.45, 7) is 6.76. The minimum absolute atomic E-state index is 0.0292. The fourth-order valence-corrected chi connectivity index (χ4v) is 5.79. The number of Topliss-reactive ketones (excluding diaryl/α,β-unsaturated/α-hetero) is 1. The van der Waals surface area contributed by atoms with Crippen LogP contribution >= 0.6 is 0 Å². The Morgan fingerprint density at radius 1 is 0.935 bits per heavy atom. The molecule has 0 bridgehead atoms. The first-order valence-corrected chi connectivity index (χ1v) is 11.7. The van der Waals surface area contributed by atoms with Crippen LogP contribution in [-0.2, 0) is 19.7 Å². The lowest BCUT2D eigenvalue weighted by Crippen LogP contribution is -2.44. The van der Waals surface area contributed by atoms with Gasteiger partial charge in [0.25, 0.3) is 0 Å². The number of hydrogen-bond donors (Lipinski definition) is 0. The maximum absolute atomic E-state index is 13.4. The normalized spacial score (nSPS) is 29.0. The van der Waals surface area contributed by atoms with Gasteiger partial charge in [0.2, 0.25) is 0 Å². The van der Waals surface area contributed by atoms with E-state index in [0.717, 1.165) is 31.2 Å². The van der Waals surface area contributed by atoms with Crippen molar-refractivity contribution in [3.8, 4) is 0 Å². The number of benzene rings is 2. The first kappa shape index (κ1) is 21.8. The lowest BCUT2D eigenvalue weighted by Gasteiger charge is -2.44. The van der Waals surface area contributed by atoms with E-state index >= 15 is 0 Å². The van der Waals surface area contributed by atoms with Gasteiger partial charge in [-0.2, -0.15) is 0 Å². The third kappa shape index (κ3) is 4.46. The maximum atomic E-state index is 13.4. The summed E-state index contributed by atoms with van der Waals surface area (Å²) in [6, 6.07) is 20.5. The largest absolute Gasteiger partial charge is 0.461 e. The molecule has 31 heavy (non-hydrogen) atoms. The van der Waals surface area contributed by atoms with Gasteiger partial charge in [0.05, 0.1) is 0 Å². The van der Waals surface area contributed by atoms with Crippen LogP contribution in [0.2, 0.25) is 0 Å². The fraction of sp³-hybridized carbons (Fsp3) is 0.500. The Morgan fingerprint density at radius 2 is 1.58 bits per heavy atom. The molecule has 2 aliphatic carbocycles. The zero-order chi connectivity index (χ0) is 22.0. The second-order valence-electron chi connectivity index (χ2n) is 10.1. The summed E-state index contributed by atoms with van der Waals surface area (Å²) < 4.78 is 6.23. The molecule has 1 unspecified atom stereocenters. The molecule has 0 radical (unpaired) electrons. The number of ketones is 1. The van der Waals surface area contributed by atoms with Crippen LogP contribution in [0.25, 0.3) is 0 Å². The van der Waals surface area contributed by atoms with Crippen molar-refractivity contribution in [3.05, 3.63) is 71.8 Å². The second kappa shape index (κ2) is 8.98. The number of carbonyl (C=O) groups is 2. The van der Waals surface area contributed by atoms with Gasteiger partial charge >= 0.3 is 5.97 Å². The average molecular weight is 419 g/mol. The van der Waals surface area contributed by atoms with E-state index < -0.39 is 5.92 Å². The molecular weight excluding hydrogens is 384 g/mol. The van der Waals surface area contributed by atoms with E-state index in [0.29, 0.717) is 12.3 Å².